The van der Waals surface area contributed by atoms with Crippen molar-refractivity contribution in [3.63, 3.8) is 0 Å². The predicted molar refractivity (Wildman–Crippen MR) is 152 cm³/mol. The Morgan fingerprint density at radius 3 is 1.83 bits per heavy atom. The maximum absolute atomic E-state index is 13.8. The molecule has 0 radical (unpaired) electrons. The first-order valence-electron chi connectivity index (χ1n) is 13.7. The lowest BCUT2D eigenvalue weighted by Crippen LogP contribution is -2.71. The van der Waals surface area contributed by atoms with Gasteiger partial charge < -0.3 is 29.7 Å². The number of ether oxygens (including phenoxy) is 3. The third-order valence-corrected chi connectivity index (χ3v) is 8.48. The van der Waals surface area contributed by atoms with E-state index in [0.717, 1.165) is 12.1 Å². The highest BCUT2D eigenvalue weighted by atomic mass is 35.5. The van der Waals surface area contributed by atoms with E-state index in [-0.39, 0.29) is 41.2 Å². The molecule has 0 aromatic heterocycles. The Bertz CT molecular complexity index is 1320. The van der Waals surface area contributed by atoms with E-state index in [9.17, 15) is 23.2 Å². The van der Waals surface area contributed by atoms with E-state index < -0.39 is 46.7 Å². The molecule has 42 heavy (non-hydrogen) atoms. The van der Waals surface area contributed by atoms with Crippen LogP contribution in [0.15, 0.2) is 36.4 Å². The number of amides is 3. The number of carbonyl (C=O) groups excluding carboxylic acids is 3. The lowest BCUT2D eigenvalue weighted by molar-refractivity contribution is -0.137. The number of nitrogens with one attached hydrogen (secondary N) is 2. The molecule has 2 N–H and O–H groups in total. The first kappa shape index (κ1) is 31.6. The molecule has 2 aromatic rings. The summed E-state index contributed by atoms with van der Waals surface area (Å²) in [6, 6.07) is 7.78. The lowest BCUT2D eigenvalue weighted by atomic mass is 9.59. The van der Waals surface area contributed by atoms with Gasteiger partial charge >= 0.3 is 6.09 Å². The Morgan fingerprint density at radius 1 is 0.857 bits per heavy atom. The summed E-state index contributed by atoms with van der Waals surface area (Å²) in [7, 11) is 0. The van der Waals surface area contributed by atoms with Gasteiger partial charge in [0.05, 0.1) is 15.6 Å². The largest absolute Gasteiger partial charge is 0.484 e. The van der Waals surface area contributed by atoms with Crippen LogP contribution in [0.3, 0.4) is 0 Å². The number of fused-ring (bicyclic) bond motifs is 3. The molecule has 228 valence electrons. The highest BCUT2D eigenvalue weighted by molar-refractivity contribution is 6.31. The molecule has 3 aliphatic rings. The minimum absolute atomic E-state index is 0.0542. The van der Waals surface area contributed by atoms with E-state index in [0.29, 0.717) is 38.8 Å². The van der Waals surface area contributed by atoms with Crippen LogP contribution in [0.4, 0.5) is 13.6 Å². The van der Waals surface area contributed by atoms with Crippen LogP contribution >= 0.6 is 23.2 Å². The fraction of sp³-hybridized carbons (Fsp3) is 0.483. The highest BCUT2D eigenvalue weighted by Gasteiger charge is 2.57. The van der Waals surface area contributed by atoms with Crippen LogP contribution in [-0.4, -0.2) is 66.3 Å². The molecule has 0 spiro atoms. The zero-order valence-electron chi connectivity index (χ0n) is 23.3. The van der Waals surface area contributed by atoms with E-state index in [2.05, 4.69) is 10.6 Å². The standard InChI is InChI=1S/C29H33Cl2F2N3O6/c1-3-36(4-2)27(39)42-24-15-28(34-25(37)16-40-18-5-7-20(30)22(32)13-18)9-11-29(24,12-10-28)35-26(38)17-41-19-6-8-21(31)23(33)14-19/h5-8,13-14,24H,3-4,9-12,15-17H2,1-2H3,(H,34,37)(H,35,38)/t24-,28?,29?/m0/s1. The molecule has 0 saturated heterocycles. The first-order chi connectivity index (χ1) is 20.0. The van der Waals surface area contributed by atoms with Crippen LogP contribution < -0.4 is 20.1 Å². The van der Waals surface area contributed by atoms with Crippen molar-refractivity contribution in [2.24, 2.45) is 0 Å². The minimum Gasteiger partial charge on any atom is -0.484 e. The smallest absolute Gasteiger partial charge is 0.410 e. The zero-order valence-corrected chi connectivity index (χ0v) is 24.8. The van der Waals surface area contributed by atoms with Crippen molar-refractivity contribution in [1.82, 2.24) is 15.5 Å². The Hall–Kier alpha value is -3.31. The monoisotopic (exact) mass is 627 g/mol. The highest BCUT2D eigenvalue weighted by Crippen LogP contribution is 2.48. The summed E-state index contributed by atoms with van der Waals surface area (Å²) >= 11 is 11.4. The molecule has 5 rings (SSSR count). The number of hydrogen-bond donors (Lipinski definition) is 2. The number of halogens is 4. The summed E-state index contributed by atoms with van der Waals surface area (Å²) in [6.07, 6.45) is 0.881. The molecule has 13 heteroatoms. The Labute approximate surface area is 252 Å². The second kappa shape index (κ2) is 13.3. The van der Waals surface area contributed by atoms with Crippen molar-refractivity contribution >= 4 is 41.1 Å². The molecule has 0 heterocycles. The predicted octanol–water partition coefficient (Wildman–Crippen LogP) is 5.26. The molecule has 3 fully saturated rings. The Kier molecular flexibility index (Phi) is 10.0. The van der Waals surface area contributed by atoms with Crippen LogP contribution in [0.25, 0.3) is 0 Å². The van der Waals surface area contributed by atoms with Crippen LogP contribution in [0.2, 0.25) is 10.0 Å². The van der Waals surface area contributed by atoms with Gasteiger partial charge in [0.25, 0.3) is 11.8 Å². The summed E-state index contributed by atoms with van der Waals surface area (Å²) in [4.78, 5) is 40.4. The van der Waals surface area contributed by atoms with Crippen molar-refractivity contribution in [3.8, 4) is 11.5 Å². The topological polar surface area (TPSA) is 106 Å². The van der Waals surface area contributed by atoms with Gasteiger partial charge in [-0.05, 0) is 63.8 Å². The minimum atomic E-state index is -0.877. The second-order valence-electron chi connectivity index (χ2n) is 10.5. The van der Waals surface area contributed by atoms with Gasteiger partial charge in [-0.25, -0.2) is 13.6 Å². The van der Waals surface area contributed by atoms with Gasteiger partial charge in [-0.3, -0.25) is 9.59 Å². The van der Waals surface area contributed by atoms with Crippen molar-refractivity contribution in [1.29, 1.82) is 0 Å². The van der Waals surface area contributed by atoms with Gasteiger partial charge in [0.2, 0.25) is 0 Å². The Balaban J connectivity index is 1.43. The molecule has 3 amide bonds. The van der Waals surface area contributed by atoms with Gasteiger partial charge in [0.1, 0.15) is 29.2 Å². The van der Waals surface area contributed by atoms with E-state index in [1.165, 1.54) is 29.2 Å². The first-order valence-corrected chi connectivity index (χ1v) is 14.5. The fourth-order valence-corrected chi connectivity index (χ4v) is 5.78. The summed E-state index contributed by atoms with van der Waals surface area (Å²) in [5, 5.41) is 5.93. The molecule has 2 bridgehead atoms. The fourth-order valence-electron chi connectivity index (χ4n) is 5.54. The third kappa shape index (κ3) is 7.36. The van der Waals surface area contributed by atoms with Crippen LogP contribution in [0.1, 0.15) is 46.0 Å². The van der Waals surface area contributed by atoms with Crippen molar-refractivity contribution in [2.45, 2.75) is 63.1 Å². The van der Waals surface area contributed by atoms with Crippen LogP contribution in [0.5, 0.6) is 11.5 Å². The molecule has 2 aromatic carbocycles. The second-order valence-corrected chi connectivity index (χ2v) is 11.3. The molecular weight excluding hydrogens is 595 g/mol. The lowest BCUT2D eigenvalue weighted by Gasteiger charge is -2.57. The number of hydrogen-bond acceptors (Lipinski definition) is 6. The van der Waals surface area contributed by atoms with Crippen molar-refractivity contribution < 1.29 is 37.4 Å². The van der Waals surface area contributed by atoms with Crippen molar-refractivity contribution in [2.75, 3.05) is 26.3 Å². The number of nitrogens with zero attached hydrogens (tertiary/aromatic N) is 1. The molecule has 1 atom stereocenters. The van der Waals surface area contributed by atoms with Gasteiger partial charge in [-0.2, -0.15) is 0 Å². The average Bonchev–Trinajstić information content (AvgIpc) is 2.96. The van der Waals surface area contributed by atoms with E-state index in [1.54, 1.807) is 0 Å². The third-order valence-electron chi connectivity index (χ3n) is 7.87. The van der Waals surface area contributed by atoms with Gasteiger partial charge in [0.15, 0.2) is 13.2 Å². The molecule has 9 nitrogen and oxygen atoms in total. The summed E-state index contributed by atoms with van der Waals surface area (Å²) in [5.41, 5.74) is -1.57. The van der Waals surface area contributed by atoms with Gasteiger partial charge in [-0.1, -0.05) is 23.2 Å². The maximum atomic E-state index is 13.8. The molecule has 3 saturated carbocycles. The van der Waals surface area contributed by atoms with E-state index in [1.807, 2.05) is 13.8 Å². The van der Waals surface area contributed by atoms with Crippen LogP contribution in [-0.2, 0) is 14.3 Å². The molecular formula is C29H33Cl2F2N3O6. The summed E-state index contributed by atoms with van der Waals surface area (Å²) in [6.45, 7) is 3.82. The molecule has 3 aliphatic carbocycles. The van der Waals surface area contributed by atoms with Gasteiger partial charge in [0, 0.05) is 37.2 Å². The van der Waals surface area contributed by atoms with Crippen LogP contribution in [0, 0.1) is 11.6 Å². The Morgan fingerprint density at radius 2 is 1.36 bits per heavy atom. The number of benzene rings is 2. The van der Waals surface area contributed by atoms with E-state index in [4.69, 9.17) is 37.4 Å². The number of rotatable bonds is 11. The normalized spacial score (nSPS) is 22.7. The maximum Gasteiger partial charge on any atom is 0.410 e. The van der Waals surface area contributed by atoms with Crippen molar-refractivity contribution in [3.05, 3.63) is 58.1 Å². The zero-order chi connectivity index (χ0) is 30.5. The summed E-state index contributed by atoms with van der Waals surface area (Å²) in [5.74, 6) is -1.90. The molecule has 0 aliphatic heterocycles. The van der Waals surface area contributed by atoms with Gasteiger partial charge in [-0.15, -0.1) is 0 Å². The summed E-state index contributed by atoms with van der Waals surface area (Å²) < 4.78 is 44.4. The van der Waals surface area contributed by atoms with E-state index >= 15 is 0 Å². The SMILES string of the molecule is CCN(CC)C(=O)O[C@H]1CC2(NC(=O)COc3ccc(Cl)c(F)c3)CCC1(NC(=O)COc1ccc(Cl)c(F)c1)CC2. The average molecular weight is 629 g/mol. The quantitative estimate of drug-likeness (QED) is 0.352. The molecule has 0 unspecified atom stereocenters. The number of carbonyl (C=O) groups is 3.